The highest BCUT2D eigenvalue weighted by atomic mass is 127. The largest absolute Gasteiger partial charge is 0.378 e. The lowest BCUT2D eigenvalue weighted by atomic mass is 10.1. The Kier molecular flexibility index (Phi) is 11.5. The van der Waals surface area contributed by atoms with Gasteiger partial charge in [-0.15, -0.1) is 24.0 Å². The van der Waals surface area contributed by atoms with Crippen LogP contribution in [0.4, 0.5) is 0 Å². The van der Waals surface area contributed by atoms with Gasteiger partial charge in [-0.1, -0.05) is 25.7 Å². The van der Waals surface area contributed by atoms with Crippen molar-refractivity contribution in [1.82, 2.24) is 15.1 Å². The van der Waals surface area contributed by atoms with Crippen molar-refractivity contribution < 1.29 is 4.74 Å². The highest BCUT2D eigenvalue weighted by Gasteiger charge is 2.24. The highest BCUT2D eigenvalue weighted by Crippen LogP contribution is 2.26. The maximum Gasteiger partial charge on any atom is 0.193 e. The maximum atomic E-state index is 6.23. The minimum atomic E-state index is 0. The highest BCUT2D eigenvalue weighted by molar-refractivity contribution is 14.0. The van der Waals surface area contributed by atoms with Crippen molar-refractivity contribution in [1.29, 1.82) is 0 Å². The Hall–Kier alpha value is -0.0800. The van der Waals surface area contributed by atoms with E-state index in [0.29, 0.717) is 6.10 Å². The van der Waals surface area contributed by atoms with Crippen LogP contribution < -0.4 is 5.32 Å². The van der Waals surface area contributed by atoms with Crippen LogP contribution in [0.15, 0.2) is 4.99 Å². The molecule has 0 atom stereocenters. The molecule has 0 aromatic heterocycles. The van der Waals surface area contributed by atoms with Gasteiger partial charge >= 0.3 is 0 Å². The zero-order chi connectivity index (χ0) is 18.9. The molecule has 3 fully saturated rings. The monoisotopic (exact) mass is 506 g/mol. The number of likely N-dealkylation sites (N-methyl/N-ethyl adjacent to an activating group) is 1. The van der Waals surface area contributed by atoms with Crippen LogP contribution in [-0.2, 0) is 4.74 Å². The number of nitrogens with zero attached hydrogens (tertiary/aromatic N) is 3. The first-order valence-electron chi connectivity index (χ1n) is 11.6. The number of guanidine groups is 1. The van der Waals surface area contributed by atoms with Crippen molar-refractivity contribution in [3.8, 4) is 0 Å². The lowest BCUT2D eigenvalue weighted by Gasteiger charge is -2.34. The number of aliphatic imine (C=N–C) groups is 1. The first kappa shape index (κ1) is 24.2. The Morgan fingerprint density at radius 2 is 1.68 bits per heavy atom. The van der Waals surface area contributed by atoms with Gasteiger partial charge in [0, 0.05) is 38.8 Å². The summed E-state index contributed by atoms with van der Waals surface area (Å²) in [5.41, 5.74) is 0. The molecule has 0 amide bonds. The van der Waals surface area contributed by atoms with Crippen LogP contribution in [0.1, 0.15) is 71.1 Å². The van der Waals surface area contributed by atoms with Gasteiger partial charge in [0.15, 0.2) is 5.96 Å². The van der Waals surface area contributed by atoms with Crippen LogP contribution in [-0.4, -0.2) is 74.3 Å². The van der Waals surface area contributed by atoms with Gasteiger partial charge < -0.3 is 19.9 Å². The topological polar surface area (TPSA) is 40.1 Å². The fraction of sp³-hybridized carbons (Fsp3) is 0.955. The summed E-state index contributed by atoms with van der Waals surface area (Å²) in [5.74, 6) is 1.94. The summed E-state index contributed by atoms with van der Waals surface area (Å²) >= 11 is 0. The molecule has 28 heavy (non-hydrogen) atoms. The van der Waals surface area contributed by atoms with Crippen LogP contribution in [0.3, 0.4) is 0 Å². The number of nitrogens with one attached hydrogen (secondary N) is 1. The average Bonchev–Trinajstić information content (AvgIpc) is 3.40. The van der Waals surface area contributed by atoms with Gasteiger partial charge in [-0.25, -0.2) is 0 Å². The Balaban J connectivity index is 0.00000280. The number of hydrogen-bond acceptors (Lipinski definition) is 3. The van der Waals surface area contributed by atoms with Gasteiger partial charge in [-0.3, -0.25) is 4.99 Å². The van der Waals surface area contributed by atoms with E-state index in [-0.39, 0.29) is 24.0 Å². The number of ether oxygens (including phenoxy) is 1. The van der Waals surface area contributed by atoms with Crippen molar-refractivity contribution in [3.05, 3.63) is 0 Å². The Morgan fingerprint density at radius 1 is 1.04 bits per heavy atom. The van der Waals surface area contributed by atoms with Crippen LogP contribution in [0.25, 0.3) is 0 Å². The molecule has 0 bridgehead atoms. The van der Waals surface area contributed by atoms with Gasteiger partial charge in [0.2, 0.25) is 0 Å². The molecular formula is C22H43IN4O. The van der Waals surface area contributed by atoms with E-state index in [2.05, 4.69) is 29.1 Å². The number of piperidine rings is 1. The lowest BCUT2D eigenvalue weighted by Crippen LogP contribution is -2.47. The third kappa shape index (κ3) is 7.63. The van der Waals surface area contributed by atoms with Gasteiger partial charge in [0.05, 0.1) is 12.6 Å². The average molecular weight is 507 g/mol. The molecule has 3 rings (SSSR count). The zero-order valence-corrected chi connectivity index (χ0v) is 20.5. The molecule has 0 aromatic rings. The van der Waals surface area contributed by atoms with Crippen LogP contribution >= 0.6 is 24.0 Å². The third-order valence-electron chi connectivity index (χ3n) is 6.78. The molecule has 5 nitrogen and oxygen atoms in total. The second-order valence-corrected chi connectivity index (χ2v) is 8.82. The van der Waals surface area contributed by atoms with Crippen LogP contribution in [0.5, 0.6) is 0 Å². The summed E-state index contributed by atoms with van der Waals surface area (Å²) in [6.45, 7) is 8.20. The standard InChI is InChI=1S/C22H42N4O.HI/c1-3-23-22(24-14-17-25(2)20-10-6-7-11-20)26-15-12-21(13-16-26)27-18-19-8-4-5-9-19;/h19-21H,3-18H2,1-2H3,(H,23,24);1H. The summed E-state index contributed by atoms with van der Waals surface area (Å²) in [5, 5.41) is 3.50. The molecule has 0 aromatic carbocycles. The van der Waals surface area contributed by atoms with Gasteiger partial charge in [0.25, 0.3) is 0 Å². The minimum absolute atomic E-state index is 0. The van der Waals surface area contributed by atoms with E-state index in [1.807, 2.05) is 0 Å². The predicted molar refractivity (Wildman–Crippen MR) is 129 cm³/mol. The molecule has 1 saturated heterocycles. The molecular weight excluding hydrogens is 463 g/mol. The lowest BCUT2D eigenvalue weighted by molar-refractivity contribution is 0.00101. The Labute approximate surface area is 190 Å². The van der Waals surface area contributed by atoms with E-state index in [0.717, 1.165) is 70.1 Å². The van der Waals surface area contributed by atoms with Gasteiger partial charge in [0.1, 0.15) is 0 Å². The molecule has 1 aliphatic heterocycles. The van der Waals surface area contributed by atoms with Crippen LogP contribution in [0, 0.1) is 5.92 Å². The predicted octanol–water partition coefficient (Wildman–Crippen LogP) is 4.12. The van der Waals surface area contributed by atoms with Crippen molar-refractivity contribution in [2.75, 3.05) is 46.4 Å². The quantitative estimate of drug-likeness (QED) is 0.306. The number of rotatable bonds is 8. The van der Waals surface area contributed by atoms with Crippen molar-refractivity contribution in [2.24, 2.45) is 10.9 Å². The second-order valence-electron chi connectivity index (χ2n) is 8.82. The van der Waals surface area contributed by atoms with E-state index < -0.39 is 0 Å². The fourth-order valence-corrected chi connectivity index (χ4v) is 4.95. The molecule has 1 N–H and O–H groups in total. The molecule has 6 heteroatoms. The summed E-state index contributed by atoms with van der Waals surface area (Å²) in [7, 11) is 2.27. The molecule has 1 heterocycles. The summed E-state index contributed by atoms with van der Waals surface area (Å²) < 4.78 is 6.23. The molecule has 0 unspecified atom stereocenters. The molecule has 164 valence electrons. The number of hydrogen-bond donors (Lipinski definition) is 1. The van der Waals surface area contributed by atoms with Crippen LogP contribution in [0.2, 0.25) is 0 Å². The van der Waals surface area contributed by atoms with E-state index in [4.69, 9.17) is 9.73 Å². The molecule has 3 aliphatic rings. The Morgan fingerprint density at radius 3 is 2.32 bits per heavy atom. The maximum absolute atomic E-state index is 6.23. The molecule has 0 radical (unpaired) electrons. The smallest absolute Gasteiger partial charge is 0.193 e. The summed E-state index contributed by atoms with van der Waals surface area (Å²) in [4.78, 5) is 9.89. The summed E-state index contributed by atoms with van der Waals surface area (Å²) in [6.07, 6.45) is 13.9. The molecule has 2 saturated carbocycles. The van der Waals surface area contributed by atoms with Gasteiger partial charge in [-0.05, 0) is 58.4 Å². The first-order valence-corrected chi connectivity index (χ1v) is 11.6. The summed E-state index contributed by atoms with van der Waals surface area (Å²) in [6, 6.07) is 0.788. The third-order valence-corrected chi connectivity index (χ3v) is 6.78. The molecule has 2 aliphatic carbocycles. The number of halogens is 1. The van der Waals surface area contributed by atoms with E-state index >= 15 is 0 Å². The van der Waals surface area contributed by atoms with E-state index in [1.165, 1.54) is 51.4 Å². The fourth-order valence-electron chi connectivity index (χ4n) is 4.95. The first-order chi connectivity index (χ1) is 13.3. The SMILES string of the molecule is CCNC(=NCCN(C)C1CCCC1)N1CCC(OCC2CCCC2)CC1.I. The Bertz CT molecular complexity index is 442. The normalized spacial score (nSPS) is 22.8. The van der Waals surface area contributed by atoms with Gasteiger partial charge in [-0.2, -0.15) is 0 Å². The minimum Gasteiger partial charge on any atom is -0.378 e. The van der Waals surface area contributed by atoms with E-state index in [1.54, 1.807) is 0 Å². The number of likely N-dealkylation sites (tertiary alicyclic amines) is 1. The van der Waals surface area contributed by atoms with Crippen molar-refractivity contribution in [3.63, 3.8) is 0 Å². The second kappa shape index (κ2) is 13.3. The molecule has 0 spiro atoms. The zero-order valence-electron chi connectivity index (χ0n) is 18.2. The van der Waals surface area contributed by atoms with E-state index in [9.17, 15) is 0 Å². The van der Waals surface area contributed by atoms with Crippen molar-refractivity contribution >= 4 is 29.9 Å². The van der Waals surface area contributed by atoms with Crippen molar-refractivity contribution in [2.45, 2.75) is 83.3 Å².